The predicted molar refractivity (Wildman–Crippen MR) is 84.2 cm³/mol. The van der Waals surface area contributed by atoms with Gasteiger partial charge in [0.25, 0.3) is 5.56 Å². The number of ether oxygens (including phenoxy) is 1. The SMILES string of the molecule is COC(=O)[C@H](C)Sc1nc2sc3c(c2c(=O)[nH]1)CCCC3. The maximum Gasteiger partial charge on any atom is 0.318 e. The van der Waals surface area contributed by atoms with Crippen LogP contribution >= 0.6 is 23.1 Å². The number of methoxy groups -OCH3 is 1. The molecule has 0 spiro atoms. The summed E-state index contributed by atoms with van der Waals surface area (Å²) in [5.74, 6) is -0.326. The van der Waals surface area contributed by atoms with Crippen LogP contribution in [0.5, 0.6) is 0 Å². The van der Waals surface area contributed by atoms with Crippen molar-refractivity contribution in [2.45, 2.75) is 43.0 Å². The van der Waals surface area contributed by atoms with Gasteiger partial charge in [-0.05, 0) is 38.2 Å². The summed E-state index contributed by atoms with van der Waals surface area (Å²) in [6, 6.07) is 0. The van der Waals surface area contributed by atoms with Gasteiger partial charge in [-0.25, -0.2) is 4.98 Å². The number of nitrogens with one attached hydrogen (secondary N) is 1. The lowest BCUT2D eigenvalue weighted by Crippen LogP contribution is -2.17. The monoisotopic (exact) mass is 324 g/mol. The highest BCUT2D eigenvalue weighted by molar-refractivity contribution is 8.00. The van der Waals surface area contributed by atoms with Crippen LogP contribution in [0.1, 0.15) is 30.2 Å². The van der Waals surface area contributed by atoms with E-state index in [0.717, 1.165) is 29.5 Å². The number of hydrogen-bond donors (Lipinski definition) is 1. The Kier molecular flexibility index (Phi) is 4.03. The summed E-state index contributed by atoms with van der Waals surface area (Å²) >= 11 is 2.83. The second-order valence-electron chi connectivity index (χ2n) is 5.05. The average molecular weight is 324 g/mol. The molecule has 1 N–H and O–H groups in total. The number of thioether (sulfide) groups is 1. The minimum absolute atomic E-state index is 0.0982. The third-order valence-electron chi connectivity index (χ3n) is 3.62. The Hall–Kier alpha value is -1.34. The molecule has 0 radical (unpaired) electrons. The zero-order valence-corrected chi connectivity index (χ0v) is 13.5. The molecule has 5 nitrogen and oxygen atoms in total. The fourth-order valence-electron chi connectivity index (χ4n) is 2.58. The molecule has 0 fully saturated rings. The minimum Gasteiger partial charge on any atom is -0.468 e. The Bertz CT molecular complexity index is 750. The molecule has 2 aromatic heterocycles. The molecule has 7 heteroatoms. The zero-order valence-electron chi connectivity index (χ0n) is 11.9. The molecule has 1 aliphatic rings. The molecule has 0 amide bonds. The molecule has 0 unspecified atom stereocenters. The van der Waals surface area contributed by atoms with Crippen molar-refractivity contribution in [1.82, 2.24) is 9.97 Å². The van der Waals surface area contributed by atoms with E-state index >= 15 is 0 Å². The van der Waals surface area contributed by atoms with Crippen LogP contribution in [0.25, 0.3) is 10.2 Å². The summed E-state index contributed by atoms with van der Waals surface area (Å²) in [5, 5.41) is 0.818. The average Bonchev–Trinajstić information content (AvgIpc) is 2.84. The predicted octanol–water partition coefficient (Wildman–Crippen LogP) is 2.52. The Morgan fingerprint density at radius 1 is 1.43 bits per heavy atom. The molecule has 1 atom stereocenters. The number of carbonyl (C=O) groups excluding carboxylic acids is 1. The first-order valence-corrected chi connectivity index (χ1v) is 8.59. The van der Waals surface area contributed by atoms with E-state index < -0.39 is 5.25 Å². The summed E-state index contributed by atoms with van der Waals surface area (Å²) in [6.07, 6.45) is 4.31. The molecule has 3 rings (SSSR count). The summed E-state index contributed by atoms with van der Waals surface area (Å²) in [4.78, 5) is 33.2. The van der Waals surface area contributed by atoms with Gasteiger partial charge in [-0.2, -0.15) is 0 Å². The second kappa shape index (κ2) is 5.81. The highest BCUT2D eigenvalue weighted by Crippen LogP contribution is 2.34. The molecule has 112 valence electrons. The van der Waals surface area contributed by atoms with Crippen molar-refractivity contribution < 1.29 is 9.53 Å². The summed E-state index contributed by atoms with van der Waals surface area (Å²) in [5.41, 5.74) is 1.08. The molecular formula is C14H16N2O3S2. The van der Waals surface area contributed by atoms with Crippen LogP contribution in [0.15, 0.2) is 9.95 Å². The Labute approximate surface area is 130 Å². The highest BCUT2D eigenvalue weighted by atomic mass is 32.2. The van der Waals surface area contributed by atoms with Crippen molar-refractivity contribution in [3.63, 3.8) is 0 Å². The van der Waals surface area contributed by atoms with E-state index in [4.69, 9.17) is 4.74 Å². The number of thiophene rings is 1. The lowest BCUT2D eigenvalue weighted by molar-refractivity contribution is -0.139. The van der Waals surface area contributed by atoms with Gasteiger partial charge in [0.2, 0.25) is 0 Å². The number of nitrogens with zero attached hydrogens (tertiary/aromatic N) is 1. The molecule has 0 aromatic carbocycles. The summed E-state index contributed by atoms with van der Waals surface area (Å²) in [6.45, 7) is 1.74. The number of aromatic amines is 1. The molecule has 0 aliphatic heterocycles. The molecule has 21 heavy (non-hydrogen) atoms. The van der Waals surface area contributed by atoms with Gasteiger partial charge in [-0.15, -0.1) is 11.3 Å². The smallest absolute Gasteiger partial charge is 0.318 e. The normalized spacial score (nSPS) is 15.7. The van der Waals surface area contributed by atoms with E-state index in [1.165, 1.54) is 35.7 Å². The van der Waals surface area contributed by atoms with Crippen LogP contribution in [0.3, 0.4) is 0 Å². The first-order chi connectivity index (χ1) is 10.1. The van der Waals surface area contributed by atoms with E-state index in [1.54, 1.807) is 18.3 Å². The van der Waals surface area contributed by atoms with Crippen molar-refractivity contribution >= 4 is 39.3 Å². The van der Waals surface area contributed by atoms with Gasteiger partial charge in [0.05, 0.1) is 12.5 Å². The van der Waals surface area contributed by atoms with Gasteiger partial charge < -0.3 is 9.72 Å². The molecule has 0 saturated heterocycles. The Morgan fingerprint density at radius 2 is 2.19 bits per heavy atom. The lowest BCUT2D eigenvalue weighted by atomic mass is 9.97. The highest BCUT2D eigenvalue weighted by Gasteiger charge is 2.21. The number of aromatic nitrogens is 2. The summed E-state index contributed by atoms with van der Waals surface area (Å²) in [7, 11) is 1.35. The topological polar surface area (TPSA) is 72.0 Å². The van der Waals surface area contributed by atoms with Crippen LogP contribution in [-0.4, -0.2) is 28.3 Å². The van der Waals surface area contributed by atoms with E-state index in [9.17, 15) is 9.59 Å². The standard InChI is InChI=1S/C14H16N2O3S2/c1-7(13(18)19-2)20-14-15-11(17)10-8-5-3-4-6-9(8)21-12(10)16-14/h7H,3-6H2,1-2H3,(H,15,16,17)/t7-/m0/s1. The number of H-pyrrole nitrogens is 1. The number of esters is 1. The molecular weight excluding hydrogens is 308 g/mol. The largest absolute Gasteiger partial charge is 0.468 e. The van der Waals surface area contributed by atoms with Crippen molar-refractivity contribution in [1.29, 1.82) is 0 Å². The van der Waals surface area contributed by atoms with Crippen LogP contribution in [0.4, 0.5) is 0 Å². The first kappa shape index (κ1) is 14.6. The zero-order chi connectivity index (χ0) is 15.0. The van der Waals surface area contributed by atoms with Crippen molar-refractivity contribution in [3.05, 3.63) is 20.8 Å². The van der Waals surface area contributed by atoms with Crippen molar-refractivity contribution in [3.8, 4) is 0 Å². The maximum atomic E-state index is 12.3. The summed E-state index contributed by atoms with van der Waals surface area (Å²) < 4.78 is 4.69. The molecule has 0 bridgehead atoms. The molecule has 0 saturated carbocycles. The number of aryl methyl sites for hydroxylation is 2. The van der Waals surface area contributed by atoms with E-state index in [-0.39, 0.29) is 11.5 Å². The molecule has 2 heterocycles. The van der Waals surface area contributed by atoms with Gasteiger partial charge in [0.1, 0.15) is 10.1 Å². The van der Waals surface area contributed by atoms with Gasteiger partial charge in [-0.3, -0.25) is 9.59 Å². The van der Waals surface area contributed by atoms with Gasteiger partial charge in [0.15, 0.2) is 5.16 Å². The van der Waals surface area contributed by atoms with Crippen LogP contribution in [0, 0.1) is 0 Å². The fraction of sp³-hybridized carbons (Fsp3) is 0.500. The van der Waals surface area contributed by atoms with E-state index in [1.807, 2.05) is 0 Å². The fourth-order valence-corrected chi connectivity index (χ4v) is 4.72. The number of carbonyl (C=O) groups is 1. The quantitative estimate of drug-likeness (QED) is 0.533. The first-order valence-electron chi connectivity index (χ1n) is 6.89. The van der Waals surface area contributed by atoms with E-state index in [2.05, 4.69) is 9.97 Å². The van der Waals surface area contributed by atoms with Gasteiger partial charge in [-0.1, -0.05) is 11.8 Å². The third-order valence-corrected chi connectivity index (χ3v) is 5.77. The molecule has 1 aliphatic carbocycles. The third kappa shape index (κ3) is 2.72. The van der Waals surface area contributed by atoms with Gasteiger partial charge >= 0.3 is 5.97 Å². The Balaban J connectivity index is 2.00. The maximum absolute atomic E-state index is 12.3. The van der Waals surface area contributed by atoms with Crippen molar-refractivity contribution in [2.24, 2.45) is 0 Å². The van der Waals surface area contributed by atoms with Crippen molar-refractivity contribution in [2.75, 3.05) is 7.11 Å². The minimum atomic E-state index is -0.398. The molecule has 2 aromatic rings. The number of fused-ring (bicyclic) bond motifs is 3. The van der Waals surface area contributed by atoms with E-state index in [0.29, 0.717) is 5.16 Å². The van der Waals surface area contributed by atoms with Gasteiger partial charge in [0, 0.05) is 4.88 Å². The van der Waals surface area contributed by atoms with Crippen LogP contribution < -0.4 is 5.56 Å². The second-order valence-corrected chi connectivity index (χ2v) is 7.46. The van der Waals surface area contributed by atoms with Crippen LogP contribution in [-0.2, 0) is 22.4 Å². The lowest BCUT2D eigenvalue weighted by Gasteiger charge is -2.10. The number of rotatable bonds is 3. The van der Waals surface area contributed by atoms with Crippen LogP contribution in [0.2, 0.25) is 0 Å². The number of hydrogen-bond acceptors (Lipinski definition) is 6. The Morgan fingerprint density at radius 3 is 2.95 bits per heavy atom.